The van der Waals surface area contributed by atoms with E-state index in [0.717, 1.165) is 0 Å². The van der Waals surface area contributed by atoms with Gasteiger partial charge in [0.1, 0.15) is 10.2 Å². The second-order valence-corrected chi connectivity index (χ2v) is 3.49. The van der Waals surface area contributed by atoms with Gasteiger partial charge in [-0.15, -0.1) is 0 Å². The Morgan fingerprint density at radius 3 is 2.47 bits per heavy atom. The summed E-state index contributed by atoms with van der Waals surface area (Å²) in [5.41, 5.74) is 5.65. The molecule has 1 aromatic carbocycles. The molecule has 3 N–H and O–H groups in total. The fourth-order valence-corrected chi connectivity index (χ4v) is 1.80. The van der Waals surface area contributed by atoms with Crippen molar-refractivity contribution in [3.05, 3.63) is 16.1 Å². The van der Waals surface area contributed by atoms with E-state index in [0.29, 0.717) is 10.2 Å². The van der Waals surface area contributed by atoms with E-state index >= 15 is 0 Å². The highest BCUT2D eigenvalue weighted by molar-refractivity contribution is 9.10. The number of methoxy groups -OCH3 is 2. The molecule has 0 aromatic heterocycles. The molecule has 5 nitrogen and oxygen atoms in total. The van der Waals surface area contributed by atoms with Gasteiger partial charge in [0.25, 0.3) is 0 Å². The van der Waals surface area contributed by atoms with Gasteiger partial charge in [-0.1, -0.05) is 0 Å². The van der Waals surface area contributed by atoms with Crippen LogP contribution in [0.3, 0.4) is 0 Å². The third-order valence-electron chi connectivity index (χ3n) is 1.88. The summed E-state index contributed by atoms with van der Waals surface area (Å²) in [6.45, 7) is 0. The number of carbonyl (C=O) groups is 1. The van der Waals surface area contributed by atoms with Gasteiger partial charge < -0.3 is 20.3 Å². The van der Waals surface area contributed by atoms with Crippen molar-refractivity contribution in [3.63, 3.8) is 0 Å². The molecule has 0 atom stereocenters. The van der Waals surface area contributed by atoms with Crippen LogP contribution in [0.5, 0.6) is 11.5 Å². The Morgan fingerprint density at radius 2 is 2.07 bits per heavy atom. The zero-order chi connectivity index (χ0) is 11.6. The first kappa shape index (κ1) is 11.6. The Labute approximate surface area is 94.9 Å². The van der Waals surface area contributed by atoms with Crippen LogP contribution in [-0.4, -0.2) is 25.3 Å². The highest BCUT2D eigenvalue weighted by atomic mass is 79.9. The first-order chi connectivity index (χ1) is 7.02. The lowest BCUT2D eigenvalue weighted by atomic mass is 10.1. The summed E-state index contributed by atoms with van der Waals surface area (Å²) in [4.78, 5) is 10.9. The quantitative estimate of drug-likeness (QED) is 0.822. The average molecular weight is 276 g/mol. The summed E-state index contributed by atoms with van der Waals surface area (Å²) in [7, 11) is 2.84. The zero-order valence-corrected chi connectivity index (χ0v) is 9.79. The molecular formula is C9H10BrNO4. The maximum absolute atomic E-state index is 10.9. The summed E-state index contributed by atoms with van der Waals surface area (Å²) in [5.74, 6) is -0.512. The highest BCUT2D eigenvalue weighted by Gasteiger charge is 2.19. The molecule has 0 heterocycles. The lowest BCUT2D eigenvalue weighted by Crippen LogP contribution is -2.06. The van der Waals surface area contributed by atoms with Gasteiger partial charge in [-0.2, -0.15) is 0 Å². The van der Waals surface area contributed by atoms with Crippen LogP contribution in [0.2, 0.25) is 0 Å². The molecule has 0 aliphatic rings. The van der Waals surface area contributed by atoms with Crippen LogP contribution >= 0.6 is 15.9 Å². The van der Waals surface area contributed by atoms with E-state index in [-0.39, 0.29) is 17.0 Å². The maximum Gasteiger partial charge on any atom is 0.338 e. The summed E-state index contributed by atoms with van der Waals surface area (Å²) in [6, 6.07) is 1.34. The number of anilines is 1. The van der Waals surface area contributed by atoms with E-state index in [9.17, 15) is 4.79 Å². The number of nitrogen functional groups attached to an aromatic ring is 1. The molecule has 1 rings (SSSR count). The first-order valence-electron chi connectivity index (χ1n) is 3.96. The van der Waals surface area contributed by atoms with Gasteiger partial charge >= 0.3 is 5.97 Å². The van der Waals surface area contributed by atoms with E-state index < -0.39 is 5.97 Å². The number of hydrogen-bond donors (Lipinski definition) is 2. The van der Waals surface area contributed by atoms with E-state index in [4.69, 9.17) is 20.3 Å². The zero-order valence-electron chi connectivity index (χ0n) is 8.20. The number of nitrogens with two attached hydrogens (primary N) is 1. The van der Waals surface area contributed by atoms with Gasteiger partial charge in [-0.3, -0.25) is 0 Å². The molecular weight excluding hydrogens is 266 g/mol. The molecule has 1 aromatic rings. The Bertz CT molecular complexity index is 406. The van der Waals surface area contributed by atoms with Crippen molar-refractivity contribution in [2.24, 2.45) is 0 Å². The standard InChI is InChI=1S/C9H10BrNO4/c1-14-5-3-4(9(12)13)7(11)8(15-2)6(5)10/h3H,11H2,1-2H3,(H,12,13). The summed E-state index contributed by atoms with van der Waals surface area (Å²) >= 11 is 3.21. The highest BCUT2D eigenvalue weighted by Crippen LogP contribution is 2.41. The van der Waals surface area contributed by atoms with Crippen molar-refractivity contribution in [2.75, 3.05) is 20.0 Å². The van der Waals surface area contributed by atoms with E-state index in [1.165, 1.54) is 20.3 Å². The average Bonchev–Trinajstić information content (AvgIpc) is 2.18. The molecule has 82 valence electrons. The number of aromatic carboxylic acids is 1. The first-order valence-corrected chi connectivity index (χ1v) is 4.75. The van der Waals surface area contributed by atoms with Crippen molar-refractivity contribution >= 4 is 27.6 Å². The number of hydrogen-bond acceptors (Lipinski definition) is 4. The number of carboxylic acid groups (broad SMARTS) is 1. The Balaban J connectivity index is 3.51. The normalized spacial score (nSPS) is 9.80. The van der Waals surface area contributed by atoms with Gasteiger partial charge in [-0.05, 0) is 22.0 Å². The van der Waals surface area contributed by atoms with Crippen LogP contribution in [0.15, 0.2) is 10.5 Å². The van der Waals surface area contributed by atoms with Crippen LogP contribution in [0.1, 0.15) is 10.4 Å². The van der Waals surface area contributed by atoms with Gasteiger partial charge in [-0.25, -0.2) is 4.79 Å². The monoisotopic (exact) mass is 275 g/mol. The predicted molar refractivity (Wildman–Crippen MR) is 58.6 cm³/mol. The minimum Gasteiger partial charge on any atom is -0.495 e. The molecule has 0 fully saturated rings. The van der Waals surface area contributed by atoms with E-state index in [2.05, 4.69) is 15.9 Å². The van der Waals surface area contributed by atoms with Gasteiger partial charge in [0.05, 0.1) is 25.5 Å². The third kappa shape index (κ3) is 1.99. The van der Waals surface area contributed by atoms with Gasteiger partial charge in [0, 0.05) is 0 Å². The fourth-order valence-electron chi connectivity index (χ4n) is 1.15. The minimum atomic E-state index is -1.13. The van der Waals surface area contributed by atoms with E-state index in [1.54, 1.807) is 0 Å². The lowest BCUT2D eigenvalue weighted by molar-refractivity contribution is 0.0697. The van der Waals surface area contributed by atoms with Gasteiger partial charge in [0.15, 0.2) is 5.75 Å². The second-order valence-electron chi connectivity index (χ2n) is 2.69. The molecule has 0 unspecified atom stereocenters. The van der Waals surface area contributed by atoms with E-state index in [1.807, 2.05) is 0 Å². The lowest BCUT2D eigenvalue weighted by Gasteiger charge is -2.13. The SMILES string of the molecule is COc1cc(C(=O)O)c(N)c(OC)c1Br. The molecule has 15 heavy (non-hydrogen) atoms. The van der Waals surface area contributed by atoms with Crippen LogP contribution in [-0.2, 0) is 0 Å². The third-order valence-corrected chi connectivity index (χ3v) is 2.63. The summed E-state index contributed by atoms with van der Waals surface area (Å²) < 4.78 is 10.5. The van der Waals surface area contributed by atoms with Crippen molar-refractivity contribution in [1.29, 1.82) is 0 Å². The molecule has 0 saturated carbocycles. The molecule has 0 amide bonds. The molecule has 6 heteroatoms. The van der Waals surface area contributed by atoms with Crippen molar-refractivity contribution in [1.82, 2.24) is 0 Å². The fraction of sp³-hybridized carbons (Fsp3) is 0.222. The van der Waals surface area contributed by atoms with Crippen LogP contribution in [0, 0.1) is 0 Å². The largest absolute Gasteiger partial charge is 0.495 e. The molecule has 0 bridgehead atoms. The minimum absolute atomic E-state index is 0.0492. The van der Waals surface area contributed by atoms with Crippen LogP contribution in [0.25, 0.3) is 0 Å². The number of ether oxygens (including phenoxy) is 2. The van der Waals surface area contributed by atoms with Crippen LogP contribution < -0.4 is 15.2 Å². The Morgan fingerprint density at radius 1 is 1.47 bits per heavy atom. The predicted octanol–water partition coefficient (Wildman–Crippen LogP) is 1.75. The maximum atomic E-state index is 10.9. The molecule has 0 radical (unpaired) electrons. The van der Waals surface area contributed by atoms with Crippen molar-refractivity contribution in [2.45, 2.75) is 0 Å². The summed E-state index contributed by atoms with van der Waals surface area (Å²) in [6.07, 6.45) is 0. The molecule has 0 spiro atoms. The Hall–Kier alpha value is -1.43. The number of benzene rings is 1. The molecule has 0 saturated heterocycles. The smallest absolute Gasteiger partial charge is 0.338 e. The molecule has 0 aliphatic heterocycles. The number of rotatable bonds is 3. The molecule has 0 aliphatic carbocycles. The van der Waals surface area contributed by atoms with Crippen molar-refractivity contribution in [3.8, 4) is 11.5 Å². The number of carboxylic acids is 1. The second kappa shape index (κ2) is 4.39. The summed E-state index contributed by atoms with van der Waals surface area (Å²) in [5, 5.41) is 8.89. The van der Waals surface area contributed by atoms with Crippen molar-refractivity contribution < 1.29 is 19.4 Å². The van der Waals surface area contributed by atoms with Crippen LogP contribution in [0.4, 0.5) is 5.69 Å². The Kier molecular flexibility index (Phi) is 3.41. The van der Waals surface area contributed by atoms with Gasteiger partial charge in [0.2, 0.25) is 0 Å². The topological polar surface area (TPSA) is 81.8 Å². The number of halogens is 1.